The first-order chi connectivity index (χ1) is 11.8. The fourth-order valence-corrected chi connectivity index (χ4v) is 4.09. The molecule has 1 aromatic heterocycles. The fourth-order valence-electron chi connectivity index (χ4n) is 2.88. The van der Waals surface area contributed by atoms with Gasteiger partial charge in [-0.2, -0.15) is 0 Å². The number of hydrogen-bond acceptors (Lipinski definition) is 4. The van der Waals surface area contributed by atoms with E-state index in [1.165, 1.54) is 18.9 Å². The van der Waals surface area contributed by atoms with Crippen LogP contribution < -0.4 is 9.62 Å². The number of benzene rings is 1. The molecule has 0 saturated carbocycles. The number of nitrogens with zero attached hydrogens (tertiary/aromatic N) is 2. The molecule has 1 saturated heterocycles. The highest BCUT2D eigenvalue weighted by molar-refractivity contribution is 7.92. The van der Waals surface area contributed by atoms with Gasteiger partial charge in [0, 0.05) is 18.1 Å². The Bertz CT molecular complexity index is 845. The molecule has 0 bridgehead atoms. The van der Waals surface area contributed by atoms with Crippen molar-refractivity contribution >= 4 is 33.1 Å². The Labute approximate surface area is 154 Å². The number of halogens is 1. The molecule has 0 aliphatic carbocycles. The summed E-state index contributed by atoms with van der Waals surface area (Å²) in [7, 11) is -3.68. The maximum absolute atomic E-state index is 12.5. The number of nitrogens with one attached hydrogen (secondary N) is 1. The number of pyridine rings is 1. The summed E-state index contributed by atoms with van der Waals surface area (Å²) in [5.41, 5.74) is 1.74. The predicted molar refractivity (Wildman–Crippen MR) is 102 cm³/mol. The van der Waals surface area contributed by atoms with Gasteiger partial charge in [0.15, 0.2) is 0 Å². The van der Waals surface area contributed by atoms with Gasteiger partial charge in [-0.15, -0.1) is 0 Å². The lowest BCUT2D eigenvalue weighted by Gasteiger charge is -2.31. The molecule has 2 heterocycles. The minimum absolute atomic E-state index is 0.172. The molecular weight excluding hydrogens is 358 g/mol. The molecule has 3 rings (SSSR count). The van der Waals surface area contributed by atoms with Crippen LogP contribution in [0.15, 0.2) is 41.4 Å². The molecule has 1 aliphatic rings. The maximum Gasteiger partial charge on any atom is 0.263 e. The van der Waals surface area contributed by atoms with Crippen molar-refractivity contribution in [3.8, 4) is 0 Å². The maximum atomic E-state index is 12.5. The fraction of sp³-hybridized carbons (Fsp3) is 0.389. The molecule has 25 heavy (non-hydrogen) atoms. The summed E-state index contributed by atoms with van der Waals surface area (Å²) in [5.74, 6) is 1.07. The van der Waals surface area contributed by atoms with Gasteiger partial charge >= 0.3 is 0 Å². The Balaban J connectivity index is 1.73. The van der Waals surface area contributed by atoms with Gasteiger partial charge in [0.25, 0.3) is 10.0 Å². The van der Waals surface area contributed by atoms with E-state index in [9.17, 15) is 8.42 Å². The average Bonchev–Trinajstić information content (AvgIpc) is 2.58. The number of aryl methyl sites for hydroxylation is 1. The molecule has 0 unspecified atom stereocenters. The summed E-state index contributed by atoms with van der Waals surface area (Å²) < 4.78 is 27.5. The van der Waals surface area contributed by atoms with Crippen molar-refractivity contribution < 1.29 is 8.42 Å². The van der Waals surface area contributed by atoms with E-state index in [1.54, 1.807) is 31.3 Å². The van der Waals surface area contributed by atoms with E-state index < -0.39 is 10.0 Å². The van der Waals surface area contributed by atoms with Crippen molar-refractivity contribution in [2.75, 3.05) is 22.7 Å². The van der Waals surface area contributed by atoms with E-state index in [-0.39, 0.29) is 4.90 Å². The van der Waals surface area contributed by atoms with Crippen LogP contribution in [0.1, 0.15) is 25.3 Å². The molecule has 0 amide bonds. The molecule has 7 heteroatoms. The van der Waals surface area contributed by atoms with Crippen LogP contribution in [-0.4, -0.2) is 26.5 Å². The van der Waals surface area contributed by atoms with E-state index in [2.05, 4.69) is 21.5 Å². The van der Waals surface area contributed by atoms with Crippen molar-refractivity contribution in [2.24, 2.45) is 5.92 Å². The second kappa shape index (κ2) is 7.22. The highest BCUT2D eigenvalue weighted by atomic mass is 35.5. The molecule has 0 radical (unpaired) electrons. The molecule has 2 aromatic rings. The first kappa shape index (κ1) is 18.0. The number of hydrogen-bond donors (Lipinski definition) is 1. The number of piperidine rings is 1. The van der Waals surface area contributed by atoms with Gasteiger partial charge in [-0.25, -0.2) is 13.4 Å². The lowest BCUT2D eigenvalue weighted by molar-refractivity contribution is 0.438. The van der Waals surface area contributed by atoms with Gasteiger partial charge in [0.1, 0.15) is 5.82 Å². The zero-order valence-electron chi connectivity index (χ0n) is 14.4. The van der Waals surface area contributed by atoms with E-state index in [4.69, 9.17) is 11.6 Å². The average molecular weight is 380 g/mol. The third-order valence-corrected chi connectivity index (χ3v) is 6.35. The summed E-state index contributed by atoms with van der Waals surface area (Å²) >= 11 is 5.96. The van der Waals surface area contributed by atoms with E-state index in [0.29, 0.717) is 16.4 Å². The normalized spacial score (nSPS) is 16.0. The Hall–Kier alpha value is -1.79. The molecule has 1 fully saturated rings. The number of sulfonamides is 1. The van der Waals surface area contributed by atoms with Crippen molar-refractivity contribution in [1.29, 1.82) is 0 Å². The monoisotopic (exact) mass is 379 g/mol. The van der Waals surface area contributed by atoms with Gasteiger partial charge in [-0.05, 0) is 61.6 Å². The lowest BCUT2D eigenvalue weighted by Crippen LogP contribution is -2.32. The van der Waals surface area contributed by atoms with Gasteiger partial charge in [-0.1, -0.05) is 18.5 Å². The molecule has 0 atom stereocenters. The van der Waals surface area contributed by atoms with Gasteiger partial charge in [0.2, 0.25) is 0 Å². The van der Waals surface area contributed by atoms with Gasteiger partial charge in [-0.3, -0.25) is 4.72 Å². The summed E-state index contributed by atoms with van der Waals surface area (Å²) in [6.07, 6.45) is 4.07. The summed E-state index contributed by atoms with van der Waals surface area (Å²) in [6, 6.07) is 8.23. The molecular formula is C18H22ClN3O2S. The summed E-state index contributed by atoms with van der Waals surface area (Å²) in [6.45, 7) is 6.07. The van der Waals surface area contributed by atoms with Crippen LogP contribution in [0.25, 0.3) is 0 Å². The van der Waals surface area contributed by atoms with E-state index in [0.717, 1.165) is 24.7 Å². The predicted octanol–water partition coefficient (Wildman–Crippen LogP) is 4.08. The highest BCUT2D eigenvalue weighted by Gasteiger charge is 2.18. The minimum Gasteiger partial charge on any atom is -0.370 e. The Morgan fingerprint density at radius 2 is 1.92 bits per heavy atom. The first-order valence-electron chi connectivity index (χ1n) is 8.35. The minimum atomic E-state index is -3.68. The van der Waals surface area contributed by atoms with Crippen LogP contribution >= 0.6 is 11.6 Å². The zero-order chi connectivity index (χ0) is 18.0. The molecule has 1 aromatic carbocycles. The molecule has 134 valence electrons. The SMILES string of the molecule is Cc1cc(S(=O)(=O)Nc2ccc(N3CCC(C)CC3)cn2)ccc1Cl. The lowest BCUT2D eigenvalue weighted by atomic mass is 9.99. The molecule has 1 aliphatic heterocycles. The van der Waals surface area contributed by atoms with Gasteiger partial charge in [0.05, 0.1) is 16.8 Å². The third-order valence-electron chi connectivity index (χ3n) is 4.58. The van der Waals surface area contributed by atoms with Crippen LogP contribution in [0.4, 0.5) is 11.5 Å². The summed E-state index contributed by atoms with van der Waals surface area (Å²) in [5, 5.41) is 0.539. The van der Waals surface area contributed by atoms with Crippen molar-refractivity contribution in [1.82, 2.24) is 4.98 Å². The summed E-state index contributed by atoms with van der Waals surface area (Å²) in [4.78, 5) is 6.72. The van der Waals surface area contributed by atoms with Crippen LogP contribution in [0.2, 0.25) is 5.02 Å². The van der Waals surface area contributed by atoms with Crippen LogP contribution in [0.5, 0.6) is 0 Å². The second-order valence-corrected chi connectivity index (χ2v) is 8.68. The van der Waals surface area contributed by atoms with E-state index in [1.807, 2.05) is 6.07 Å². The zero-order valence-corrected chi connectivity index (χ0v) is 15.9. The highest BCUT2D eigenvalue weighted by Crippen LogP contribution is 2.24. The van der Waals surface area contributed by atoms with Gasteiger partial charge < -0.3 is 4.90 Å². The Kier molecular flexibility index (Phi) is 5.20. The first-order valence-corrected chi connectivity index (χ1v) is 10.2. The van der Waals surface area contributed by atoms with Crippen molar-refractivity contribution in [3.63, 3.8) is 0 Å². The quantitative estimate of drug-likeness (QED) is 0.869. The largest absolute Gasteiger partial charge is 0.370 e. The topological polar surface area (TPSA) is 62.3 Å². The molecule has 0 spiro atoms. The number of rotatable bonds is 4. The molecule has 5 nitrogen and oxygen atoms in total. The molecule has 1 N–H and O–H groups in total. The smallest absolute Gasteiger partial charge is 0.263 e. The standard InChI is InChI=1S/C18H22ClN3O2S/c1-13-7-9-22(10-8-13)15-3-6-18(20-12-15)21-25(23,24)16-4-5-17(19)14(2)11-16/h3-6,11-13H,7-10H2,1-2H3,(H,20,21). The Morgan fingerprint density at radius 1 is 1.20 bits per heavy atom. The number of aromatic nitrogens is 1. The van der Waals surface area contributed by atoms with E-state index >= 15 is 0 Å². The Morgan fingerprint density at radius 3 is 2.52 bits per heavy atom. The van der Waals surface area contributed by atoms with Crippen molar-refractivity contribution in [3.05, 3.63) is 47.1 Å². The van der Waals surface area contributed by atoms with Crippen LogP contribution in [-0.2, 0) is 10.0 Å². The second-order valence-electron chi connectivity index (χ2n) is 6.59. The van der Waals surface area contributed by atoms with Crippen molar-refractivity contribution in [2.45, 2.75) is 31.6 Å². The van der Waals surface area contributed by atoms with Crippen LogP contribution in [0, 0.1) is 12.8 Å². The number of anilines is 2. The van der Waals surface area contributed by atoms with Crippen LogP contribution in [0.3, 0.4) is 0 Å². The third kappa shape index (κ3) is 4.25.